The van der Waals surface area contributed by atoms with Gasteiger partial charge in [0.25, 0.3) is 5.69 Å². The molecule has 0 spiro atoms. The van der Waals surface area contributed by atoms with E-state index in [2.05, 4.69) is 4.98 Å². The Bertz CT molecular complexity index is 841. The minimum absolute atomic E-state index is 0.0309. The molecule has 2 aromatic carbocycles. The second kappa shape index (κ2) is 4.78. The molecule has 0 radical (unpaired) electrons. The van der Waals surface area contributed by atoms with E-state index in [9.17, 15) is 10.1 Å². The van der Waals surface area contributed by atoms with Crippen LogP contribution in [0.1, 0.15) is 0 Å². The molecular formula is C14H11N3O4. The zero-order chi connectivity index (χ0) is 15.0. The molecule has 3 aromatic rings. The molecule has 7 heteroatoms. The molecule has 0 aliphatic heterocycles. The summed E-state index contributed by atoms with van der Waals surface area (Å²) in [6.45, 7) is 0. The second-order valence-electron chi connectivity index (χ2n) is 4.38. The average Bonchev–Trinajstić information content (AvgIpc) is 2.89. The first-order valence-corrected chi connectivity index (χ1v) is 6.07. The topological polar surface area (TPSA) is 104 Å². The number of hydrogen-bond donors (Lipinski definition) is 1. The normalized spacial score (nSPS) is 10.7. The minimum Gasteiger partial charge on any atom is -0.495 e. The first-order chi connectivity index (χ1) is 10.1. The van der Waals surface area contributed by atoms with Gasteiger partial charge in [-0.05, 0) is 24.3 Å². The van der Waals surface area contributed by atoms with Gasteiger partial charge in [-0.15, -0.1) is 0 Å². The number of nitrogens with zero attached hydrogens (tertiary/aromatic N) is 2. The fourth-order valence-corrected chi connectivity index (χ4v) is 2.02. The molecule has 3 rings (SSSR count). The lowest BCUT2D eigenvalue weighted by Crippen LogP contribution is -1.92. The number of rotatable bonds is 3. The number of nitrogen functional groups attached to an aromatic ring is 1. The quantitative estimate of drug-likeness (QED) is 0.450. The van der Waals surface area contributed by atoms with Gasteiger partial charge in [0, 0.05) is 17.7 Å². The molecule has 2 N–H and O–H groups in total. The predicted molar refractivity (Wildman–Crippen MR) is 77.1 cm³/mol. The van der Waals surface area contributed by atoms with Crippen molar-refractivity contribution in [3.05, 3.63) is 46.5 Å². The Hall–Kier alpha value is -3.09. The number of benzene rings is 2. The Kier molecular flexibility index (Phi) is 2.94. The van der Waals surface area contributed by atoms with Crippen LogP contribution in [0.25, 0.3) is 22.6 Å². The Labute approximate surface area is 119 Å². The maximum atomic E-state index is 10.8. The summed E-state index contributed by atoms with van der Waals surface area (Å²) in [5.74, 6) is 0.908. The van der Waals surface area contributed by atoms with Crippen molar-refractivity contribution in [1.82, 2.24) is 4.98 Å². The number of non-ortho nitro benzene ring substituents is 1. The predicted octanol–water partition coefficient (Wildman–Crippen LogP) is 2.99. The first-order valence-electron chi connectivity index (χ1n) is 6.07. The number of nitrogens with two attached hydrogens (primary N) is 1. The molecule has 0 fully saturated rings. The molecule has 0 atom stereocenters. The molecule has 0 saturated carbocycles. The van der Waals surface area contributed by atoms with Gasteiger partial charge < -0.3 is 14.9 Å². The molecule has 21 heavy (non-hydrogen) atoms. The van der Waals surface area contributed by atoms with Gasteiger partial charge in [-0.1, -0.05) is 0 Å². The standard InChI is InChI=1S/C14H11N3O4/c1-20-12-4-2-8(6-10(12)15)14-16-11-7-9(17(18)19)3-5-13(11)21-14/h2-7H,15H2,1H3. The summed E-state index contributed by atoms with van der Waals surface area (Å²) in [6, 6.07) is 9.42. The maximum absolute atomic E-state index is 10.8. The maximum Gasteiger partial charge on any atom is 0.271 e. The van der Waals surface area contributed by atoms with E-state index in [0.717, 1.165) is 0 Å². The highest BCUT2D eigenvalue weighted by molar-refractivity contribution is 5.79. The van der Waals surface area contributed by atoms with E-state index in [0.29, 0.717) is 34.0 Å². The van der Waals surface area contributed by atoms with Crippen LogP contribution in [0.3, 0.4) is 0 Å². The second-order valence-corrected chi connectivity index (χ2v) is 4.38. The summed E-state index contributed by atoms with van der Waals surface area (Å²) in [4.78, 5) is 14.5. The molecule has 0 amide bonds. The number of nitro groups is 1. The van der Waals surface area contributed by atoms with Gasteiger partial charge in [0.2, 0.25) is 5.89 Å². The molecule has 0 saturated heterocycles. The summed E-state index contributed by atoms with van der Waals surface area (Å²) in [5.41, 5.74) is 7.85. The van der Waals surface area contributed by atoms with Gasteiger partial charge >= 0.3 is 0 Å². The molecule has 1 heterocycles. The zero-order valence-corrected chi connectivity index (χ0v) is 11.1. The van der Waals surface area contributed by atoms with E-state index in [4.69, 9.17) is 14.9 Å². The van der Waals surface area contributed by atoms with Crippen LogP contribution in [-0.4, -0.2) is 17.0 Å². The zero-order valence-electron chi connectivity index (χ0n) is 11.1. The SMILES string of the molecule is COc1ccc(-c2nc3cc([N+](=O)[O-])ccc3o2)cc1N. The lowest BCUT2D eigenvalue weighted by Gasteiger charge is -2.04. The van der Waals surface area contributed by atoms with Gasteiger partial charge in [0.1, 0.15) is 11.3 Å². The van der Waals surface area contributed by atoms with Crippen molar-refractivity contribution >= 4 is 22.5 Å². The number of methoxy groups -OCH3 is 1. The number of anilines is 1. The minimum atomic E-state index is -0.473. The smallest absolute Gasteiger partial charge is 0.271 e. The Morgan fingerprint density at radius 2 is 2.10 bits per heavy atom. The van der Waals surface area contributed by atoms with Crippen LogP contribution in [0.15, 0.2) is 40.8 Å². The Morgan fingerprint density at radius 1 is 1.29 bits per heavy atom. The summed E-state index contributed by atoms with van der Waals surface area (Å²) < 4.78 is 10.7. The number of nitro benzene ring substituents is 1. The highest BCUT2D eigenvalue weighted by Crippen LogP contribution is 2.30. The van der Waals surface area contributed by atoms with Gasteiger partial charge in [0.15, 0.2) is 5.58 Å². The summed E-state index contributed by atoms with van der Waals surface area (Å²) >= 11 is 0. The fraction of sp³-hybridized carbons (Fsp3) is 0.0714. The highest BCUT2D eigenvalue weighted by Gasteiger charge is 2.13. The first kappa shape index (κ1) is 12.9. The van der Waals surface area contributed by atoms with Gasteiger partial charge in [-0.2, -0.15) is 0 Å². The van der Waals surface area contributed by atoms with Crippen molar-refractivity contribution in [2.75, 3.05) is 12.8 Å². The summed E-state index contributed by atoms with van der Waals surface area (Å²) in [5, 5.41) is 10.8. The van der Waals surface area contributed by atoms with E-state index in [-0.39, 0.29) is 5.69 Å². The van der Waals surface area contributed by atoms with E-state index < -0.39 is 4.92 Å². The number of hydrogen-bond acceptors (Lipinski definition) is 6. The van der Waals surface area contributed by atoms with Crippen molar-refractivity contribution < 1.29 is 14.1 Å². The largest absolute Gasteiger partial charge is 0.495 e. The van der Waals surface area contributed by atoms with Crippen molar-refractivity contribution in [2.45, 2.75) is 0 Å². The molecule has 0 bridgehead atoms. The third kappa shape index (κ3) is 2.25. The van der Waals surface area contributed by atoms with E-state index in [1.54, 1.807) is 18.2 Å². The van der Waals surface area contributed by atoms with Crippen LogP contribution < -0.4 is 10.5 Å². The highest BCUT2D eigenvalue weighted by atomic mass is 16.6. The van der Waals surface area contributed by atoms with Crippen molar-refractivity contribution in [3.63, 3.8) is 0 Å². The van der Waals surface area contributed by atoms with E-state index in [1.807, 2.05) is 0 Å². The fourth-order valence-electron chi connectivity index (χ4n) is 2.02. The Morgan fingerprint density at radius 3 is 2.76 bits per heavy atom. The van der Waals surface area contributed by atoms with E-state index in [1.165, 1.54) is 25.3 Å². The van der Waals surface area contributed by atoms with Crippen LogP contribution >= 0.6 is 0 Å². The van der Waals surface area contributed by atoms with Crippen molar-refractivity contribution in [2.24, 2.45) is 0 Å². The van der Waals surface area contributed by atoms with Crippen molar-refractivity contribution in [1.29, 1.82) is 0 Å². The third-order valence-corrected chi connectivity index (χ3v) is 3.06. The molecule has 0 aliphatic rings. The molecule has 1 aromatic heterocycles. The molecule has 7 nitrogen and oxygen atoms in total. The summed E-state index contributed by atoms with van der Waals surface area (Å²) in [7, 11) is 1.53. The van der Waals surface area contributed by atoms with Crippen LogP contribution in [0, 0.1) is 10.1 Å². The van der Waals surface area contributed by atoms with Crippen molar-refractivity contribution in [3.8, 4) is 17.2 Å². The van der Waals surface area contributed by atoms with Crippen LogP contribution in [0.2, 0.25) is 0 Å². The molecular weight excluding hydrogens is 274 g/mol. The van der Waals surface area contributed by atoms with Gasteiger partial charge in [-0.3, -0.25) is 10.1 Å². The lowest BCUT2D eigenvalue weighted by atomic mass is 10.2. The number of ether oxygens (including phenoxy) is 1. The Balaban J connectivity index is 2.08. The number of fused-ring (bicyclic) bond motifs is 1. The molecule has 0 aliphatic carbocycles. The van der Waals surface area contributed by atoms with Crippen LogP contribution in [-0.2, 0) is 0 Å². The molecule has 106 valence electrons. The molecule has 0 unspecified atom stereocenters. The van der Waals surface area contributed by atoms with Crippen LogP contribution in [0.5, 0.6) is 5.75 Å². The average molecular weight is 285 g/mol. The summed E-state index contributed by atoms with van der Waals surface area (Å²) in [6.07, 6.45) is 0. The van der Waals surface area contributed by atoms with Gasteiger partial charge in [0.05, 0.1) is 17.7 Å². The van der Waals surface area contributed by atoms with Crippen LogP contribution in [0.4, 0.5) is 11.4 Å². The van der Waals surface area contributed by atoms with Gasteiger partial charge in [-0.25, -0.2) is 4.98 Å². The lowest BCUT2D eigenvalue weighted by molar-refractivity contribution is -0.384. The number of aromatic nitrogens is 1. The van der Waals surface area contributed by atoms with E-state index >= 15 is 0 Å². The number of oxazole rings is 1. The third-order valence-electron chi connectivity index (χ3n) is 3.06. The monoisotopic (exact) mass is 285 g/mol.